The SMILES string of the molecule is COc1cc(OC)c(NCCN)c(OC)c1. The van der Waals surface area contributed by atoms with Gasteiger partial charge < -0.3 is 25.3 Å². The lowest BCUT2D eigenvalue weighted by Crippen LogP contribution is -2.14. The fraction of sp³-hybridized carbons (Fsp3) is 0.455. The molecule has 0 aliphatic heterocycles. The first kappa shape index (κ1) is 12.4. The average molecular weight is 226 g/mol. The Hall–Kier alpha value is -1.62. The Bertz CT molecular complexity index is 317. The molecule has 0 aliphatic rings. The van der Waals surface area contributed by atoms with E-state index in [1.165, 1.54) is 0 Å². The van der Waals surface area contributed by atoms with Crippen molar-refractivity contribution in [2.75, 3.05) is 39.7 Å². The molecule has 1 aromatic rings. The van der Waals surface area contributed by atoms with Gasteiger partial charge in [0.1, 0.15) is 22.9 Å². The summed E-state index contributed by atoms with van der Waals surface area (Å²) in [5, 5.41) is 3.15. The number of rotatable bonds is 6. The fourth-order valence-electron chi connectivity index (χ4n) is 1.38. The first-order valence-electron chi connectivity index (χ1n) is 5.00. The lowest BCUT2D eigenvalue weighted by molar-refractivity contribution is 0.377. The molecule has 0 heterocycles. The van der Waals surface area contributed by atoms with Crippen molar-refractivity contribution in [3.8, 4) is 17.2 Å². The smallest absolute Gasteiger partial charge is 0.149 e. The lowest BCUT2D eigenvalue weighted by atomic mass is 10.2. The molecule has 90 valence electrons. The van der Waals surface area contributed by atoms with Gasteiger partial charge in [-0.05, 0) is 0 Å². The Balaban J connectivity index is 3.09. The first-order valence-corrected chi connectivity index (χ1v) is 5.00. The third-order valence-corrected chi connectivity index (χ3v) is 2.16. The first-order chi connectivity index (χ1) is 7.76. The van der Waals surface area contributed by atoms with Gasteiger partial charge in [-0.1, -0.05) is 0 Å². The van der Waals surface area contributed by atoms with Crippen LogP contribution in [0.5, 0.6) is 17.2 Å². The van der Waals surface area contributed by atoms with Crippen LogP contribution in [-0.4, -0.2) is 34.4 Å². The number of ether oxygens (including phenoxy) is 3. The van der Waals surface area contributed by atoms with E-state index in [0.29, 0.717) is 30.3 Å². The molecule has 0 saturated heterocycles. The molecule has 0 atom stereocenters. The minimum absolute atomic E-state index is 0.540. The highest BCUT2D eigenvalue weighted by molar-refractivity contribution is 5.68. The van der Waals surface area contributed by atoms with Crippen LogP contribution in [0, 0.1) is 0 Å². The number of methoxy groups -OCH3 is 3. The molecule has 0 bridgehead atoms. The Kier molecular flexibility index (Phi) is 4.72. The van der Waals surface area contributed by atoms with Crippen molar-refractivity contribution in [2.24, 2.45) is 5.73 Å². The molecule has 0 spiro atoms. The summed E-state index contributed by atoms with van der Waals surface area (Å²) in [6, 6.07) is 3.59. The van der Waals surface area contributed by atoms with Gasteiger partial charge in [0.15, 0.2) is 0 Å². The maximum Gasteiger partial charge on any atom is 0.149 e. The molecule has 0 aromatic heterocycles. The second-order valence-electron chi connectivity index (χ2n) is 3.12. The maximum atomic E-state index is 5.45. The van der Waals surface area contributed by atoms with Gasteiger partial charge in [0.25, 0.3) is 0 Å². The van der Waals surface area contributed by atoms with Crippen LogP contribution in [0.4, 0.5) is 5.69 Å². The zero-order chi connectivity index (χ0) is 12.0. The van der Waals surface area contributed by atoms with E-state index >= 15 is 0 Å². The Morgan fingerprint density at radius 1 is 1.06 bits per heavy atom. The minimum Gasteiger partial charge on any atom is -0.496 e. The van der Waals surface area contributed by atoms with Crippen molar-refractivity contribution in [1.82, 2.24) is 0 Å². The zero-order valence-electron chi connectivity index (χ0n) is 9.87. The molecule has 0 saturated carbocycles. The van der Waals surface area contributed by atoms with Gasteiger partial charge in [-0.2, -0.15) is 0 Å². The van der Waals surface area contributed by atoms with Gasteiger partial charge in [0.05, 0.1) is 21.3 Å². The molecule has 5 nitrogen and oxygen atoms in total. The van der Waals surface area contributed by atoms with Crippen LogP contribution in [0.15, 0.2) is 12.1 Å². The highest BCUT2D eigenvalue weighted by Crippen LogP contribution is 2.38. The van der Waals surface area contributed by atoms with E-state index in [4.69, 9.17) is 19.9 Å². The van der Waals surface area contributed by atoms with E-state index in [9.17, 15) is 0 Å². The molecule has 5 heteroatoms. The summed E-state index contributed by atoms with van der Waals surface area (Å²) in [5.74, 6) is 2.03. The van der Waals surface area contributed by atoms with Crippen molar-refractivity contribution >= 4 is 5.69 Å². The van der Waals surface area contributed by atoms with E-state index in [1.54, 1.807) is 33.5 Å². The summed E-state index contributed by atoms with van der Waals surface area (Å²) in [5.41, 5.74) is 6.23. The van der Waals surface area contributed by atoms with Crippen LogP contribution in [0.2, 0.25) is 0 Å². The summed E-state index contributed by atoms with van der Waals surface area (Å²) in [4.78, 5) is 0. The number of nitrogens with two attached hydrogens (primary N) is 1. The quantitative estimate of drug-likeness (QED) is 0.760. The molecule has 3 N–H and O–H groups in total. The number of hydrogen-bond acceptors (Lipinski definition) is 5. The van der Waals surface area contributed by atoms with Gasteiger partial charge in [0, 0.05) is 25.2 Å². The standard InChI is InChI=1S/C11H18N2O3/c1-14-8-6-9(15-2)11(13-5-4-12)10(7-8)16-3/h6-7,13H,4-5,12H2,1-3H3. The topological polar surface area (TPSA) is 65.7 Å². The summed E-state index contributed by atoms with van der Waals surface area (Å²) >= 11 is 0. The van der Waals surface area contributed by atoms with Gasteiger partial charge in [-0.15, -0.1) is 0 Å². The lowest BCUT2D eigenvalue weighted by Gasteiger charge is -2.15. The summed E-state index contributed by atoms with van der Waals surface area (Å²) in [6.07, 6.45) is 0. The monoisotopic (exact) mass is 226 g/mol. The van der Waals surface area contributed by atoms with Gasteiger partial charge in [-0.25, -0.2) is 0 Å². The van der Waals surface area contributed by atoms with Crippen LogP contribution < -0.4 is 25.3 Å². The van der Waals surface area contributed by atoms with Crippen LogP contribution in [0.1, 0.15) is 0 Å². The Morgan fingerprint density at radius 3 is 2.00 bits per heavy atom. The summed E-state index contributed by atoms with van der Waals surface area (Å²) in [7, 11) is 4.80. The highest BCUT2D eigenvalue weighted by Gasteiger charge is 2.12. The molecule has 0 aliphatic carbocycles. The van der Waals surface area contributed by atoms with Crippen LogP contribution in [0.25, 0.3) is 0 Å². The van der Waals surface area contributed by atoms with Crippen molar-refractivity contribution in [2.45, 2.75) is 0 Å². The third-order valence-electron chi connectivity index (χ3n) is 2.16. The van der Waals surface area contributed by atoms with E-state index in [-0.39, 0.29) is 0 Å². The van der Waals surface area contributed by atoms with Gasteiger partial charge in [-0.3, -0.25) is 0 Å². The van der Waals surface area contributed by atoms with Crippen molar-refractivity contribution < 1.29 is 14.2 Å². The highest BCUT2D eigenvalue weighted by atomic mass is 16.5. The zero-order valence-corrected chi connectivity index (χ0v) is 9.87. The second-order valence-corrected chi connectivity index (χ2v) is 3.12. The van der Waals surface area contributed by atoms with Crippen LogP contribution in [-0.2, 0) is 0 Å². The second kappa shape index (κ2) is 6.07. The fourth-order valence-corrected chi connectivity index (χ4v) is 1.38. The predicted octanol–water partition coefficient (Wildman–Crippen LogP) is 1.08. The minimum atomic E-state index is 0.540. The third kappa shape index (κ3) is 2.70. The molecular weight excluding hydrogens is 208 g/mol. The largest absolute Gasteiger partial charge is 0.496 e. The van der Waals surface area contributed by atoms with Gasteiger partial charge in [0.2, 0.25) is 0 Å². The number of nitrogens with one attached hydrogen (secondary N) is 1. The maximum absolute atomic E-state index is 5.45. The van der Waals surface area contributed by atoms with Crippen molar-refractivity contribution in [3.63, 3.8) is 0 Å². The summed E-state index contributed by atoms with van der Waals surface area (Å²) in [6.45, 7) is 1.19. The molecule has 1 aromatic carbocycles. The average Bonchev–Trinajstić information content (AvgIpc) is 2.35. The molecule has 1 rings (SSSR count). The van der Waals surface area contributed by atoms with Crippen LogP contribution in [0.3, 0.4) is 0 Å². The molecule has 0 amide bonds. The number of hydrogen-bond donors (Lipinski definition) is 2. The van der Waals surface area contributed by atoms with Gasteiger partial charge >= 0.3 is 0 Å². The number of anilines is 1. The van der Waals surface area contributed by atoms with E-state index in [2.05, 4.69) is 5.32 Å². The van der Waals surface area contributed by atoms with E-state index < -0.39 is 0 Å². The van der Waals surface area contributed by atoms with E-state index in [0.717, 1.165) is 5.69 Å². The predicted molar refractivity (Wildman–Crippen MR) is 63.6 cm³/mol. The van der Waals surface area contributed by atoms with Crippen molar-refractivity contribution in [1.29, 1.82) is 0 Å². The van der Waals surface area contributed by atoms with Crippen molar-refractivity contribution in [3.05, 3.63) is 12.1 Å². The van der Waals surface area contributed by atoms with Crippen LogP contribution >= 0.6 is 0 Å². The number of benzene rings is 1. The molecule has 0 radical (unpaired) electrons. The molecular formula is C11H18N2O3. The molecule has 0 unspecified atom stereocenters. The molecule has 16 heavy (non-hydrogen) atoms. The summed E-state index contributed by atoms with van der Waals surface area (Å²) < 4.78 is 15.7. The normalized spacial score (nSPS) is 9.75. The van der Waals surface area contributed by atoms with E-state index in [1.807, 2.05) is 0 Å². The Labute approximate surface area is 95.5 Å². The Morgan fingerprint density at radius 2 is 1.62 bits per heavy atom. The molecule has 0 fully saturated rings.